The topological polar surface area (TPSA) is 161 Å². The van der Waals surface area contributed by atoms with Crippen LogP contribution in [-0.2, 0) is 16.2 Å². The summed E-state index contributed by atoms with van der Waals surface area (Å²) in [6.07, 6.45) is 4.95. The van der Waals surface area contributed by atoms with Gasteiger partial charge in [0, 0.05) is 35.8 Å². The van der Waals surface area contributed by atoms with Gasteiger partial charge in [0.05, 0.1) is 34.5 Å². The average molecular weight is 616 g/mol. The zero-order valence-electron chi connectivity index (χ0n) is 23.0. The van der Waals surface area contributed by atoms with Gasteiger partial charge in [-0.05, 0) is 63.6 Å². The number of nitrogens with one attached hydrogen (secondary N) is 2. The van der Waals surface area contributed by atoms with Gasteiger partial charge in [-0.15, -0.1) is 10.2 Å². The molecule has 43 heavy (non-hydrogen) atoms. The van der Waals surface area contributed by atoms with Crippen LogP contribution in [0.3, 0.4) is 0 Å². The van der Waals surface area contributed by atoms with E-state index in [-0.39, 0.29) is 17.6 Å². The lowest BCUT2D eigenvalue weighted by atomic mass is 9.83. The molecule has 0 atom stereocenters. The largest absolute Gasteiger partial charge is 0.435 e. The molecule has 0 unspecified atom stereocenters. The van der Waals surface area contributed by atoms with Crippen LogP contribution in [0.25, 0.3) is 22.6 Å². The van der Waals surface area contributed by atoms with Crippen molar-refractivity contribution in [1.29, 1.82) is 0 Å². The van der Waals surface area contributed by atoms with Crippen LogP contribution in [0.5, 0.6) is 0 Å². The zero-order chi connectivity index (χ0) is 30.4. The zero-order valence-corrected chi connectivity index (χ0v) is 23.8. The van der Waals surface area contributed by atoms with Gasteiger partial charge in [-0.25, -0.2) is 23.4 Å². The molecular formula is C27H28F3N9O3S. The maximum atomic E-state index is 13.1. The molecule has 2 saturated carbocycles. The first-order valence-electron chi connectivity index (χ1n) is 13.7. The molecule has 3 N–H and O–H groups in total. The molecule has 0 aliphatic heterocycles. The van der Waals surface area contributed by atoms with Crippen molar-refractivity contribution in [2.75, 3.05) is 10.6 Å². The van der Waals surface area contributed by atoms with Gasteiger partial charge < -0.3 is 15.7 Å². The van der Waals surface area contributed by atoms with Crippen molar-refractivity contribution in [2.45, 2.75) is 68.5 Å². The van der Waals surface area contributed by atoms with E-state index in [0.717, 1.165) is 10.2 Å². The predicted octanol–water partition coefficient (Wildman–Crippen LogP) is 4.40. The first-order valence-corrected chi connectivity index (χ1v) is 15.2. The lowest BCUT2D eigenvalue weighted by molar-refractivity contribution is -0.141. The first-order chi connectivity index (χ1) is 20.4. The fourth-order valence-electron chi connectivity index (χ4n) is 4.85. The third-order valence-electron chi connectivity index (χ3n) is 7.49. The van der Waals surface area contributed by atoms with Gasteiger partial charge in [0.1, 0.15) is 11.6 Å². The summed E-state index contributed by atoms with van der Waals surface area (Å²) in [6.45, 7) is 1.80. The van der Waals surface area contributed by atoms with Gasteiger partial charge in [0.25, 0.3) is 10.0 Å². The monoisotopic (exact) mass is 615 g/mol. The molecule has 4 aromatic rings. The summed E-state index contributed by atoms with van der Waals surface area (Å²) in [6, 6.07) is 5.44. The summed E-state index contributed by atoms with van der Waals surface area (Å²) < 4.78 is 65.1. The highest BCUT2D eigenvalue weighted by molar-refractivity contribution is 7.90. The van der Waals surface area contributed by atoms with Crippen molar-refractivity contribution < 1.29 is 26.7 Å². The molecule has 4 aromatic heterocycles. The van der Waals surface area contributed by atoms with E-state index in [1.165, 1.54) is 30.9 Å². The molecule has 16 heteroatoms. The van der Waals surface area contributed by atoms with Crippen molar-refractivity contribution in [3.63, 3.8) is 0 Å². The molecular weight excluding hydrogens is 587 g/mol. The van der Waals surface area contributed by atoms with E-state index in [4.69, 9.17) is 0 Å². The standard InChI is InChI=1S/C27H28F3N9O3S/c1-26(40)9-6-17(7-10-26)34-21-12-24(32-14-19(21)20-4-5-22(38-37-20)27(28,29)30)35-23-8-11-31-25(36-23)16-13-33-39(15-16)43(41,42)18-2-3-18/h4-5,8,11-15,17-18,40H,2-3,6-7,9-10H2,1H3,(H2,31,32,34,35,36). The number of aliphatic hydroxyl groups is 1. The fourth-order valence-corrected chi connectivity index (χ4v) is 6.33. The Hall–Kier alpha value is -4.18. The van der Waals surface area contributed by atoms with Crippen LogP contribution < -0.4 is 10.6 Å². The molecule has 6 rings (SSSR count). The van der Waals surface area contributed by atoms with Crippen molar-refractivity contribution in [1.82, 2.24) is 34.3 Å². The van der Waals surface area contributed by atoms with E-state index >= 15 is 0 Å². The van der Waals surface area contributed by atoms with Crippen molar-refractivity contribution >= 4 is 27.3 Å². The molecule has 0 amide bonds. The maximum Gasteiger partial charge on any atom is 0.435 e. The smallest absolute Gasteiger partial charge is 0.390 e. The van der Waals surface area contributed by atoms with Crippen LogP contribution in [0.15, 0.2) is 49.1 Å². The van der Waals surface area contributed by atoms with Gasteiger partial charge in [-0.1, -0.05) is 0 Å². The van der Waals surface area contributed by atoms with Gasteiger partial charge in [-0.2, -0.15) is 22.4 Å². The average Bonchev–Trinajstić information content (AvgIpc) is 3.71. The SMILES string of the molecule is CC1(O)CCC(Nc2cc(Nc3ccnc(-c4cnn(S(=O)(=O)C5CC5)c4)n3)ncc2-c2ccc(C(F)(F)F)nn2)CC1. The van der Waals surface area contributed by atoms with Gasteiger partial charge >= 0.3 is 6.18 Å². The summed E-state index contributed by atoms with van der Waals surface area (Å²) in [5.74, 6) is 1.01. The summed E-state index contributed by atoms with van der Waals surface area (Å²) in [5.41, 5.74) is -0.182. The molecule has 12 nitrogen and oxygen atoms in total. The predicted molar refractivity (Wildman–Crippen MR) is 151 cm³/mol. The molecule has 0 bridgehead atoms. The normalized spacial score (nSPS) is 21.0. The Kier molecular flexibility index (Phi) is 7.28. The third-order valence-corrected chi connectivity index (χ3v) is 9.53. The molecule has 0 aromatic carbocycles. The summed E-state index contributed by atoms with van der Waals surface area (Å²) >= 11 is 0. The Bertz CT molecular complexity index is 1730. The molecule has 4 heterocycles. The summed E-state index contributed by atoms with van der Waals surface area (Å²) in [4.78, 5) is 13.2. The second-order valence-corrected chi connectivity index (χ2v) is 13.1. The molecule has 0 radical (unpaired) electrons. The number of alkyl halides is 3. The second kappa shape index (κ2) is 10.8. The van der Waals surface area contributed by atoms with Gasteiger partial charge in [0.15, 0.2) is 11.5 Å². The molecule has 2 aliphatic rings. The van der Waals surface area contributed by atoms with Crippen LogP contribution in [0.1, 0.15) is 51.1 Å². The lowest BCUT2D eigenvalue weighted by Gasteiger charge is -2.34. The minimum atomic E-state index is -4.61. The highest BCUT2D eigenvalue weighted by Crippen LogP contribution is 2.35. The quantitative estimate of drug-likeness (QED) is 0.258. The highest BCUT2D eigenvalue weighted by atomic mass is 32.2. The van der Waals surface area contributed by atoms with E-state index in [2.05, 4.69) is 40.9 Å². The molecule has 2 fully saturated rings. The number of nitrogens with zero attached hydrogens (tertiary/aromatic N) is 7. The Morgan fingerprint density at radius 1 is 1.02 bits per heavy atom. The summed E-state index contributed by atoms with van der Waals surface area (Å²) in [7, 11) is -3.53. The van der Waals surface area contributed by atoms with Crippen LogP contribution in [-0.4, -0.2) is 64.8 Å². The Labute approximate surface area is 244 Å². The van der Waals surface area contributed by atoms with Crippen LogP contribution in [0, 0.1) is 0 Å². The fraction of sp³-hybridized carbons (Fsp3) is 0.407. The second-order valence-electron chi connectivity index (χ2n) is 11.1. The third kappa shape index (κ3) is 6.44. The minimum absolute atomic E-state index is 0.00531. The molecule has 0 spiro atoms. The first kappa shape index (κ1) is 28.9. The van der Waals surface area contributed by atoms with E-state index in [1.807, 2.05) is 0 Å². The Morgan fingerprint density at radius 3 is 2.47 bits per heavy atom. The number of halogens is 3. The van der Waals surface area contributed by atoms with E-state index in [9.17, 15) is 26.7 Å². The number of hydrogen-bond acceptors (Lipinski definition) is 11. The number of rotatable bonds is 8. The molecule has 226 valence electrons. The highest BCUT2D eigenvalue weighted by Gasteiger charge is 2.38. The molecule has 0 saturated heterocycles. The van der Waals surface area contributed by atoms with E-state index < -0.39 is 32.7 Å². The van der Waals surface area contributed by atoms with Crippen LogP contribution >= 0.6 is 0 Å². The van der Waals surface area contributed by atoms with Crippen LogP contribution in [0.2, 0.25) is 0 Å². The van der Waals surface area contributed by atoms with Crippen molar-refractivity contribution in [3.05, 3.63) is 54.7 Å². The Morgan fingerprint density at radius 2 is 1.79 bits per heavy atom. The van der Waals surface area contributed by atoms with Gasteiger partial charge in [-0.3, -0.25) is 0 Å². The number of pyridine rings is 1. The van der Waals surface area contributed by atoms with Gasteiger partial charge in [0.2, 0.25) is 0 Å². The van der Waals surface area contributed by atoms with Crippen LogP contribution in [0.4, 0.5) is 30.5 Å². The minimum Gasteiger partial charge on any atom is -0.390 e. The molecule has 2 aliphatic carbocycles. The maximum absolute atomic E-state index is 13.1. The number of hydrogen-bond donors (Lipinski definition) is 3. The number of aromatic nitrogens is 7. The van der Waals surface area contributed by atoms with E-state index in [0.29, 0.717) is 67.0 Å². The van der Waals surface area contributed by atoms with E-state index in [1.54, 1.807) is 19.1 Å². The van der Waals surface area contributed by atoms with Crippen molar-refractivity contribution in [2.24, 2.45) is 0 Å². The summed E-state index contributed by atoms with van der Waals surface area (Å²) in [5, 5.41) is 27.6. The van der Waals surface area contributed by atoms with Crippen molar-refractivity contribution in [3.8, 4) is 22.6 Å². The Balaban J connectivity index is 1.27. The lowest BCUT2D eigenvalue weighted by Crippen LogP contribution is -2.35. The number of anilines is 3.